The number of anilines is 4. The van der Waals surface area contributed by atoms with Crippen LogP contribution >= 0.6 is 0 Å². The molecule has 0 spiro atoms. The van der Waals surface area contributed by atoms with E-state index in [9.17, 15) is 0 Å². The monoisotopic (exact) mass is 428 g/mol. The van der Waals surface area contributed by atoms with Gasteiger partial charge in [0, 0.05) is 38.5 Å². The van der Waals surface area contributed by atoms with Gasteiger partial charge in [0.05, 0.1) is 22.7 Å². The second-order valence-corrected chi connectivity index (χ2v) is 9.54. The Kier molecular flexibility index (Phi) is 5.08. The molecule has 6 rings (SSSR count). The van der Waals surface area contributed by atoms with E-state index in [1.165, 1.54) is 44.6 Å². The van der Waals surface area contributed by atoms with Gasteiger partial charge in [-0.3, -0.25) is 0 Å². The second kappa shape index (κ2) is 8.09. The zero-order chi connectivity index (χ0) is 21.7. The zero-order valence-electron chi connectivity index (χ0n) is 19.1. The molecule has 0 amide bonds. The molecule has 2 saturated heterocycles. The lowest BCUT2D eigenvalue weighted by Gasteiger charge is -2.48. The highest BCUT2D eigenvalue weighted by Gasteiger charge is 2.37. The number of hydrogen-bond donors (Lipinski definition) is 0. The summed E-state index contributed by atoms with van der Waals surface area (Å²) >= 11 is 0. The lowest BCUT2D eigenvalue weighted by atomic mass is 9.93. The first-order chi connectivity index (χ1) is 15.7. The molecular weight excluding hydrogens is 396 g/mol. The highest BCUT2D eigenvalue weighted by atomic mass is 16.5. The molecule has 4 heteroatoms. The van der Waals surface area contributed by atoms with Crippen LogP contribution in [0.4, 0.5) is 22.7 Å². The number of ether oxygens (including phenoxy) is 2. The molecule has 0 saturated carbocycles. The summed E-state index contributed by atoms with van der Waals surface area (Å²) < 4.78 is 11.5. The minimum atomic E-state index is 0.460. The first kappa shape index (κ1) is 20.1. The highest BCUT2D eigenvalue weighted by molar-refractivity contribution is 6.01. The maximum absolute atomic E-state index is 5.74. The summed E-state index contributed by atoms with van der Waals surface area (Å²) in [4.78, 5) is 5.28. The van der Waals surface area contributed by atoms with Crippen LogP contribution < -0.4 is 9.80 Å². The third-order valence-corrected chi connectivity index (χ3v) is 7.58. The number of rotatable bonds is 2. The minimum Gasteiger partial charge on any atom is -0.381 e. The topological polar surface area (TPSA) is 24.9 Å². The number of aryl methyl sites for hydroxylation is 2. The average molecular weight is 429 g/mol. The van der Waals surface area contributed by atoms with Gasteiger partial charge in [0.25, 0.3) is 0 Å². The Morgan fingerprint density at radius 2 is 0.969 bits per heavy atom. The standard InChI is InChI=1S/C28H32N2O2/c1-19-15-25-26(16-20(19)2)30(24-9-13-32-14-10-24)28-18-22-6-4-3-5-21(22)17-27(28)29(25)23-7-11-31-12-8-23/h3-6,15-18,23-24H,7-14H2,1-2H3. The lowest BCUT2D eigenvalue weighted by molar-refractivity contribution is 0.0851. The summed E-state index contributed by atoms with van der Waals surface area (Å²) in [7, 11) is 0. The predicted octanol–water partition coefficient (Wildman–Crippen LogP) is 6.40. The first-order valence-electron chi connectivity index (χ1n) is 12.1. The van der Waals surface area contributed by atoms with Crippen LogP contribution in [0.25, 0.3) is 10.8 Å². The Labute approximate surface area is 190 Å². The van der Waals surface area contributed by atoms with Crippen LogP contribution in [0.15, 0.2) is 48.5 Å². The Balaban J connectivity index is 1.61. The molecular formula is C28H32N2O2. The van der Waals surface area contributed by atoms with Gasteiger partial charge in [-0.2, -0.15) is 0 Å². The van der Waals surface area contributed by atoms with E-state index in [0.29, 0.717) is 12.1 Å². The molecule has 0 unspecified atom stereocenters. The summed E-state index contributed by atoms with van der Waals surface area (Å²) in [6.07, 6.45) is 4.26. The molecule has 4 nitrogen and oxygen atoms in total. The molecule has 3 heterocycles. The van der Waals surface area contributed by atoms with Gasteiger partial charge in [0.1, 0.15) is 0 Å². The van der Waals surface area contributed by atoms with Gasteiger partial charge in [-0.25, -0.2) is 0 Å². The average Bonchev–Trinajstić information content (AvgIpc) is 2.83. The fraction of sp³-hybridized carbons (Fsp3) is 0.429. The smallest absolute Gasteiger partial charge is 0.0661 e. The number of benzene rings is 3. The third kappa shape index (κ3) is 3.28. The summed E-state index contributed by atoms with van der Waals surface area (Å²) in [5.74, 6) is 0. The van der Waals surface area contributed by atoms with Gasteiger partial charge in [-0.05, 0) is 85.7 Å². The molecule has 3 aromatic carbocycles. The van der Waals surface area contributed by atoms with Crippen molar-refractivity contribution >= 4 is 33.5 Å². The lowest BCUT2D eigenvalue weighted by Crippen LogP contribution is -2.44. The van der Waals surface area contributed by atoms with Gasteiger partial charge >= 0.3 is 0 Å². The summed E-state index contributed by atoms with van der Waals surface area (Å²) in [5.41, 5.74) is 8.12. The second-order valence-electron chi connectivity index (χ2n) is 9.54. The molecule has 166 valence electrons. The highest BCUT2D eigenvalue weighted by Crippen LogP contribution is 2.53. The Morgan fingerprint density at radius 1 is 0.594 bits per heavy atom. The fourth-order valence-electron chi connectivity index (χ4n) is 5.71. The van der Waals surface area contributed by atoms with Crippen LogP contribution in [-0.4, -0.2) is 38.5 Å². The van der Waals surface area contributed by atoms with Crippen molar-refractivity contribution in [1.29, 1.82) is 0 Å². The van der Waals surface area contributed by atoms with Crippen LogP contribution in [0.3, 0.4) is 0 Å². The van der Waals surface area contributed by atoms with Gasteiger partial charge in [-0.15, -0.1) is 0 Å². The van der Waals surface area contributed by atoms with Crippen molar-refractivity contribution in [3.8, 4) is 0 Å². The van der Waals surface area contributed by atoms with Crippen LogP contribution in [0.5, 0.6) is 0 Å². The van der Waals surface area contributed by atoms with E-state index in [-0.39, 0.29) is 0 Å². The van der Waals surface area contributed by atoms with E-state index in [4.69, 9.17) is 9.47 Å². The van der Waals surface area contributed by atoms with Gasteiger partial charge in [0.2, 0.25) is 0 Å². The van der Waals surface area contributed by atoms with Crippen molar-refractivity contribution in [1.82, 2.24) is 0 Å². The Hall–Kier alpha value is -2.56. The Morgan fingerprint density at radius 3 is 1.38 bits per heavy atom. The minimum absolute atomic E-state index is 0.460. The molecule has 0 atom stereocenters. The number of hydrogen-bond acceptors (Lipinski definition) is 4. The molecule has 0 radical (unpaired) electrons. The quantitative estimate of drug-likeness (QED) is 0.471. The van der Waals surface area contributed by atoms with E-state index < -0.39 is 0 Å². The third-order valence-electron chi connectivity index (χ3n) is 7.58. The van der Waals surface area contributed by atoms with Crippen molar-refractivity contribution in [2.24, 2.45) is 0 Å². The SMILES string of the molecule is Cc1cc2c(cc1C)N(C1CCOCC1)c1cc3ccccc3cc1N2C1CCOCC1. The van der Waals surface area contributed by atoms with Crippen molar-refractivity contribution in [3.63, 3.8) is 0 Å². The van der Waals surface area contributed by atoms with Crippen molar-refractivity contribution in [2.45, 2.75) is 51.6 Å². The van der Waals surface area contributed by atoms with Crippen molar-refractivity contribution < 1.29 is 9.47 Å². The van der Waals surface area contributed by atoms with Gasteiger partial charge < -0.3 is 19.3 Å². The first-order valence-corrected chi connectivity index (χ1v) is 12.1. The van der Waals surface area contributed by atoms with Gasteiger partial charge in [-0.1, -0.05) is 24.3 Å². The normalized spacial score (nSPS) is 19.8. The predicted molar refractivity (Wildman–Crippen MR) is 132 cm³/mol. The van der Waals surface area contributed by atoms with Crippen molar-refractivity contribution in [3.05, 3.63) is 59.7 Å². The summed E-state index contributed by atoms with van der Waals surface area (Å²) in [6.45, 7) is 7.85. The molecule has 3 aliphatic heterocycles. The van der Waals surface area contributed by atoms with Crippen molar-refractivity contribution in [2.75, 3.05) is 36.2 Å². The molecule has 32 heavy (non-hydrogen) atoms. The molecule has 3 aliphatic rings. The van der Waals surface area contributed by atoms with E-state index in [2.05, 4.69) is 72.2 Å². The molecule has 0 aliphatic carbocycles. The maximum Gasteiger partial charge on any atom is 0.0661 e. The molecule has 3 aromatic rings. The Bertz CT molecular complexity index is 1060. The summed E-state index contributed by atoms with van der Waals surface area (Å²) in [6, 6.07) is 19.4. The van der Waals surface area contributed by atoms with Crippen LogP contribution in [0, 0.1) is 13.8 Å². The van der Waals surface area contributed by atoms with Gasteiger partial charge in [0.15, 0.2) is 0 Å². The molecule has 2 fully saturated rings. The summed E-state index contributed by atoms with van der Waals surface area (Å²) in [5, 5.41) is 2.62. The fourth-order valence-corrected chi connectivity index (χ4v) is 5.71. The zero-order valence-corrected chi connectivity index (χ0v) is 19.1. The van der Waals surface area contributed by atoms with E-state index >= 15 is 0 Å². The molecule has 0 N–H and O–H groups in total. The van der Waals surface area contributed by atoms with Crippen LogP contribution in [0.2, 0.25) is 0 Å². The largest absolute Gasteiger partial charge is 0.381 e. The van der Waals surface area contributed by atoms with E-state index in [1.807, 2.05) is 0 Å². The molecule has 0 bridgehead atoms. The van der Waals surface area contributed by atoms with Crippen LogP contribution in [0.1, 0.15) is 36.8 Å². The maximum atomic E-state index is 5.74. The number of nitrogens with zero attached hydrogens (tertiary/aromatic N) is 2. The van der Waals surface area contributed by atoms with E-state index in [0.717, 1.165) is 52.1 Å². The molecule has 0 aromatic heterocycles. The number of fused-ring (bicyclic) bond motifs is 3. The van der Waals surface area contributed by atoms with E-state index in [1.54, 1.807) is 0 Å². The van der Waals surface area contributed by atoms with Crippen LogP contribution in [-0.2, 0) is 9.47 Å².